The highest BCUT2D eigenvalue weighted by Gasteiger charge is 2.07. The van der Waals surface area contributed by atoms with Crippen LogP contribution in [-0.2, 0) is 0 Å². The van der Waals surface area contributed by atoms with Gasteiger partial charge in [0.2, 0.25) is 0 Å². The quantitative estimate of drug-likeness (QED) is 0.698. The van der Waals surface area contributed by atoms with Crippen LogP contribution in [0.15, 0.2) is 22.1 Å². The molecule has 0 radical (unpaired) electrons. The summed E-state index contributed by atoms with van der Waals surface area (Å²) in [6.07, 6.45) is 2.76. The van der Waals surface area contributed by atoms with Crippen molar-refractivity contribution in [3.8, 4) is 0 Å². The minimum atomic E-state index is -0.366. The standard InChI is InChI=1S/C9H16N2O2S/c1-7(2)11-5-8(12)6-14-9-10-3-4-13-9/h3-4,7-8,11-12H,5-6H2,1-2H3. The molecular formula is C9H16N2O2S. The third-order valence-corrected chi connectivity index (χ3v) is 2.57. The van der Waals surface area contributed by atoms with Crippen LogP contribution in [0.2, 0.25) is 0 Å². The van der Waals surface area contributed by atoms with Crippen molar-refractivity contribution in [2.45, 2.75) is 31.2 Å². The van der Waals surface area contributed by atoms with Gasteiger partial charge in [-0.25, -0.2) is 4.98 Å². The van der Waals surface area contributed by atoms with Crippen LogP contribution in [0.1, 0.15) is 13.8 Å². The molecule has 0 saturated carbocycles. The molecule has 1 atom stereocenters. The highest BCUT2D eigenvalue weighted by atomic mass is 32.2. The number of hydrogen-bond acceptors (Lipinski definition) is 5. The van der Waals surface area contributed by atoms with Gasteiger partial charge in [-0.1, -0.05) is 25.6 Å². The molecule has 1 aromatic rings. The van der Waals surface area contributed by atoms with Crippen LogP contribution in [0, 0.1) is 0 Å². The molecule has 1 rings (SSSR count). The molecule has 0 bridgehead atoms. The average molecular weight is 216 g/mol. The van der Waals surface area contributed by atoms with Crippen LogP contribution in [0.4, 0.5) is 0 Å². The Morgan fingerprint density at radius 2 is 2.43 bits per heavy atom. The lowest BCUT2D eigenvalue weighted by Crippen LogP contribution is -2.33. The van der Waals surface area contributed by atoms with Gasteiger partial charge in [0.05, 0.1) is 12.3 Å². The molecule has 0 aliphatic heterocycles. The van der Waals surface area contributed by atoms with Gasteiger partial charge in [-0.3, -0.25) is 0 Å². The zero-order valence-corrected chi connectivity index (χ0v) is 9.25. The van der Waals surface area contributed by atoms with Crippen LogP contribution in [0.5, 0.6) is 0 Å². The molecule has 0 amide bonds. The maximum atomic E-state index is 9.54. The Kier molecular flexibility index (Phi) is 5.00. The highest BCUT2D eigenvalue weighted by Crippen LogP contribution is 2.15. The fraction of sp³-hybridized carbons (Fsp3) is 0.667. The fourth-order valence-corrected chi connectivity index (χ4v) is 1.59. The SMILES string of the molecule is CC(C)NCC(O)CSc1ncco1. The van der Waals surface area contributed by atoms with Crippen molar-refractivity contribution in [2.75, 3.05) is 12.3 Å². The van der Waals surface area contributed by atoms with Gasteiger partial charge in [0.25, 0.3) is 5.22 Å². The molecule has 2 N–H and O–H groups in total. The Balaban J connectivity index is 2.12. The van der Waals surface area contributed by atoms with E-state index in [2.05, 4.69) is 10.3 Å². The summed E-state index contributed by atoms with van der Waals surface area (Å²) in [7, 11) is 0. The van der Waals surface area contributed by atoms with Crippen molar-refractivity contribution in [3.05, 3.63) is 12.5 Å². The summed E-state index contributed by atoms with van der Waals surface area (Å²) in [5.41, 5.74) is 0. The third-order valence-electron chi connectivity index (χ3n) is 1.57. The Labute approximate surface area is 88.1 Å². The van der Waals surface area contributed by atoms with Gasteiger partial charge in [-0.2, -0.15) is 0 Å². The lowest BCUT2D eigenvalue weighted by Gasteiger charge is -2.12. The van der Waals surface area contributed by atoms with Crippen molar-refractivity contribution >= 4 is 11.8 Å². The fourth-order valence-electron chi connectivity index (χ4n) is 0.880. The van der Waals surface area contributed by atoms with Gasteiger partial charge in [-0.05, 0) is 0 Å². The number of aromatic nitrogens is 1. The van der Waals surface area contributed by atoms with Gasteiger partial charge >= 0.3 is 0 Å². The first-order valence-electron chi connectivity index (χ1n) is 4.62. The minimum Gasteiger partial charge on any atom is -0.440 e. The van der Waals surface area contributed by atoms with E-state index in [1.165, 1.54) is 18.0 Å². The minimum absolute atomic E-state index is 0.366. The molecule has 0 fully saturated rings. The number of nitrogens with one attached hydrogen (secondary N) is 1. The number of oxazole rings is 1. The van der Waals surface area contributed by atoms with Gasteiger partial charge in [-0.15, -0.1) is 0 Å². The molecule has 0 saturated heterocycles. The summed E-state index contributed by atoms with van der Waals surface area (Å²) in [6.45, 7) is 4.70. The normalized spacial score (nSPS) is 13.4. The van der Waals surface area contributed by atoms with E-state index in [0.717, 1.165) is 0 Å². The van der Waals surface area contributed by atoms with E-state index in [-0.39, 0.29) is 6.10 Å². The number of aliphatic hydroxyl groups is 1. The molecule has 14 heavy (non-hydrogen) atoms. The second-order valence-electron chi connectivity index (χ2n) is 3.33. The summed E-state index contributed by atoms with van der Waals surface area (Å²) in [6, 6.07) is 0.399. The van der Waals surface area contributed by atoms with Crippen molar-refractivity contribution in [1.82, 2.24) is 10.3 Å². The number of aliphatic hydroxyl groups excluding tert-OH is 1. The lowest BCUT2D eigenvalue weighted by atomic mass is 10.3. The summed E-state index contributed by atoms with van der Waals surface area (Å²) < 4.78 is 5.03. The van der Waals surface area contributed by atoms with E-state index < -0.39 is 0 Å². The predicted molar refractivity (Wildman–Crippen MR) is 56.4 cm³/mol. The molecule has 1 heterocycles. The van der Waals surface area contributed by atoms with Crippen molar-refractivity contribution in [3.63, 3.8) is 0 Å². The molecular weight excluding hydrogens is 200 g/mol. The Hall–Kier alpha value is -0.520. The number of hydrogen-bond donors (Lipinski definition) is 2. The van der Waals surface area contributed by atoms with Gasteiger partial charge < -0.3 is 14.8 Å². The van der Waals surface area contributed by atoms with Crippen LogP contribution >= 0.6 is 11.8 Å². The highest BCUT2D eigenvalue weighted by molar-refractivity contribution is 7.99. The van der Waals surface area contributed by atoms with E-state index >= 15 is 0 Å². The van der Waals surface area contributed by atoms with E-state index in [1.807, 2.05) is 13.8 Å². The predicted octanol–water partition coefficient (Wildman–Crippen LogP) is 1.13. The Bertz CT molecular complexity index is 239. The summed E-state index contributed by atoms with van der Waals surface area (Å²) >= 11 is 1.42. The molecule has 0 spiro atoms. The zero-order valence-electron chi connectivity index (χ0n) is 8.43. The maximum absolute atomic E-state index is 9.54. The molecule has 0 aromatic carbocycles. The smallest absolute Gasteiger partial charge is 0.255 e. The Morgan fingerprint density at radius 1 is 1.64 bits per heavy atom. The molecule has 0 aliphatic rings. The molecule has 1 aromatic heterocycles. The number of rotatable bonds is 6. The topological polar surface area (TPSA) is 58.3 Å². The molecule has 5 heteroatoms. The van der Waals surface area contributed by atoms with Gasteiger partial charge in [0.15, 0.2) is 0 Å². The monoisotopic (exact) mass is 216 g/mol. The molecule has 80 valence electrons. The lowest BCUT2D eigenvalue weighted by molar-refractivity contribution is 0.192. The first-order chi connectivity index (χ1) is 6.68. The summed E-state index contributed by atoms with van der Waals surface area (Å²) in [5.74, 6) is 0.597. The Morgan fingerprint density at radius 3 is 3.00 bits per heavy atom. The summed E-state index contributed by atoms with van der Waals surface area (Å²) in [5, 5.41) is 13.3. The zero-order chi connectivity index (χ0) is 10.4. The van der Waals surface area contributed by atoms with Crippen LogP contribution in [0.25, 0.3) is 0 Å². The first-order valence-corrected chi connectivity index (χ1v) is 5.60. The van der Waals surface area contributed by atoms with Gasteiger partial charge in [0, 0.05) is 18.3 Å². The molecule has 0 aliphatic carbocycles. The van der Waals surface area contributed by atoms with E-state index in [0.29, 0.717) is 23.6 Å². The second-order valence-corrected chi connectivity index (χ2v) is 4.30. The first kappa shape index (κ1) is 11.6. The van der Waals surface area contributed by atoms with Crippen LogP contribution < -0.4 is 5.32 Å². The second kappa shape index (κ2) is 6.06. The third kappa shape index (κ3) is 4.64. The van der Waals surface area contributed by atoms with E-state index in [4.69, 9.17) is 4.42 Å². The number of thioether (sulfide) groups is 1. The largest absolute Gasteiger partial charge is 0.440 e. The average Bonchev–Trinajstić information content (AvgIpc) is 2.63. The molecule has 4 nitrogen and oxygen atoms in total. The van der Waals surface area contributed by atoms with Crippen LogP contribution in [0.3, 0.4) is 0 Å². The van der Waals surface area contributed by atoms with E-state index in [1.54, 1.807) is 6.20 Å². The van der Waals surface area contributed by atoms with Crippen molar-refractivity contribution in [2.24, 2.45) is 0 Å². The molecule has 1 unspecified atom stereocenters. The summed E-state index contributed by atoms with van der Waals surface area (Å²) in [4.78, 5) is 3.95. The van der Waals surface area contributed by atoms with Gasteiger partial charge in [0.1, 0.15) is 6.26 Å². The van der Waals surface area contributed by atoms with Crippen LogP contribution in [-0.4, -0.2) is 34.5 Å². The van der Waals surface area contributed by atoms with Crippen molar-refractivity contribution < 1.29 is 9.52 Å². The van der Waals surface area contributed by atoms with E-state index in [9.17, 15) is 5.11 Å². The maximum Gasteiger partial charge on any atom is 0.255 e. The van der Waals surface area contributed by atoms with Crippen molar-refractivity contribution in [1.29, 1.82) is 0 Å². The number of nitrogens with zero attached hydrogens (tertiary/aromatic N) is 1.